The van der Waals surface area contributed by atoms with Crippen molar-refractivity contribution < 1.29 is 25.0 Å². The van der Waals surface area contributed by atoms with E-state index in [1.165, 1.54) is 12.1 Å². The lowest BCUT2D eigenvalue weighted by Crippen LogP contribution is -2.33. The molecule has 2 unspecified atom stereocenters. The van der Waals surface area contributed by atoms with Crippen LogP contribution < -0.4 is 10.4 Å². The van der Waals surface area contributed by atoms with Crippen molar-refractivity contribution in [1.29, 1.82) is 0 Å². The van der Waals surface area contributed by atoms with Crippen LogP contribution in [0.3, 0.4) is 0 Å². The van der Waals surface area contributed by atoms with Crippen LogP contribution >= 0.6 is 23.2 Å². The first kappa shape index (κ1) is 24.2. The molecule has 0 amide bonds. The quantitative estimate of drug-likeness (QED) is 0.319. The second-order valence-corrected chi connectivity index (χ2v) is 7.61. The standard InChI is InChI=1S/C21H26Cl2N2O5/c1-3-30-19(27)12-25(29)20-17(22)10-14(11-18(20)23)8-9-24-13(2)21(28)15-4-6-16(26)7-5-15/h4-7,10-11,13,21,24,26,28-29H,3,8-9,12H2,1-2H3. The Morgan fingerprint density at radius 1 is 1.20 bits per heavy atom. The lowest BCUT2D eigenvalue weighted by atomic mass is 10.0. The van der Waals surface area contributed by atoms with Gasteiger partial charge in [-0.1, -0.05) is 35.3 Å². The molecule has 0 spiro atoms. The average molecular weight is 457 g/mol. The van der Waals surface area contributed by atoms with Crippen LogP contribution in [0.2, 0.25) is 10.0 Å². The second kappa shape index (κ2) is 11.4. The first-order valence-corrected chi connectivity index (χ1v) is 10.3. The van der Waals surface area contributed by atoms with Crippen LogP contribution in [-0.2, 0) is 16.0 Å². The number of hydrogen-bond donors (Lipinski definition) is 4. The molecule has 164 valence electrons. The number of carbonyl (C=O) groups excluding carboxylic acids is 1. The highest BCUT2D eigenvalue weighted by Gasteiger charge is 2.19. The zero-order valence-corrected chi connectivity index (χ0v) is 18.3. The van der Waals surface area contributed by atoms with Gasteiger partial charge in [-0.05, 0) is 62.2 Å². The molecule has 0 heterocycles. The molecule has 2 atom stereocenters. The molecule has 0 saturated carbocycles. The Labute approximate surface area is 185 Å². The summed E-state index contributed by atoms with van der Waals surface area (Å²) in [7, 11) is 0. The first-order valence-electron chi connectivity index (χ1n) is 9.53. The van der Waals surface area contributed by atoms with Crippen molar-refractivity contribution in [2.75, 3.05) is 24.8 Å². The van der Waals surface area contributed by atoms with Gasteiger partial charge in [0.2, 0.25) is 0 Å². The number of esters is 1. The summed E-state index contributed by atoms with van der Waals surface area (Å²) in [5, 5.41) is 34.2. The van der Waals surface area contributed by atoms with Crippen LogP contribution in [-0.4, -0.2) is 47.1 Å². The maximum absolute atomic E-state index is 11.5. The Bertz CT molecular complexity index is 825. The molecule has 0 aliphatic rings. The van der Waals surface area contributed by atoms with E-state index in [1.54, 1.807) is 31.2 Å². The Kier molecular flexibility index (Phi) is 9.20. The molecule has 0 aromatic heterocycles. The molecule has 0 aliphatic carbocycles. The second-order valence-electron chi connectivity index (χ2n) is 6.80. The van der Waals surface area contributed by atoms with E-state index >= 15 is 0 Å². The fourth-order valence-corrected chi connectivity index (χ4v) is 3.66. The van der Waals surface area contributed by atoms with Gasteiger partial charge in [0.25, 0.3) is 0 Å². The lowest BCUT2D eigenvalue weighted by Gasteiger charge is -2.21. The third-order valence-electron chi connectivity index (χ3n) is 4.51. The zero-order valence-electron chi connectivity index (χ0n) is 16.8. The molecule has 0 aliphatic heterocycles. The van der Waals surface area contributed by atoms with Crippen LogP contribution in [0.25, 0.3) is 0 Å². The minimum Gasteiger partial charge on any atom is -0.508 e. The molecule has 4 N–H and O–H groups in total. The van der Waals surface area contributed by atoms with E-state index in [-0.39, 0.29) is 40.7 Å². The fourth-order valence-electron chi connectivity index (χ4n) is 2.93. The Morgan fingerprint density at radius 3 is 2.37 bits per heavy atom. The van der Waals surface area contributed by atoms with Crippen molar-refractivity contribution in [3.8, 4) is 5.75 Å². The van der Waals surface area contributed by atoms with Gasteiger partial charge in [0.05, 0.1) is 22.8 Å². The highest BCUT2D eigenvalue weighted by atomic mass is 35.5. The molecule has 0 radical (unpaired) electrons. The van der Waals surface area contributed by atoms with Gasteiger partial charge in [0.1, 0.15) is 18.0 Å². The monoisotopic (exact) mass is 456 g/mol. The summed E-state index contributed by atoms with van der Waals surface area (Å²) in [6.45, 7) is 3.90. The van der Waals surface area contributed by atoms with Gasteiger partial charge in [-0.2, -0.15) is 0 Å². The molecule has 0 bridgehead atoms. The smallest absolute Gasteiger partial charge is 0.328 e. The number of ether oxygens (including phenoxy) is 1. The number of aliphatic hydroxyl groups excluding tert-OH is 1. The lowest BCUT2D eigenvalue weighted by molar-refractivity contribution is -0.142. The molecule has 30 heavy (non-hydrogen) atoms. The fraction of sp³-hybridized carbons (Fsp3) is 0.381. The van der Waals surface area contributed by atoms with Crippen LogP contribution in [0.5, 0.6) is 5.75 Å². The normalized spacial score (nSPS) is 13.0. The number of aliphatic hydroxyl groups is 1. The number of aromatic hydroxyl groups is 1. The minimum atomic E-state index is -0.731. The number of nitrogens with one attached hydrogen (secondary N) is 1. The highest BCUT2D eigenvalue weighted by molar-refractivity contribution is 6.39. The van der Waals surface area contributed by atoms with Crippen molar-refractivity contribution >= 4 is 34.9 Å². The van der Waals surface area contributed by atoms with Gasteiger partial charge in [-0.25, -0.2) is 5.06 Å². The van der Waals surface area contributed by atoms with E-state index < -0.39 is 12.1 Å². The number of halogens is 2. The van der Waals surface area contributed by atoms with Crippen molar-refractivity contribution in [2.45, 2.75) is 32.4 Å². The Morgan fingerprint density at radius 2 is 1.80 bits per heavy atom. The predicted octanol–water partition coefficient (Wildman–Crippen LogP) is 3.71. The Hall–Kier alpha value is -2.03. The number of phenols is 1. The summed E-state index contributed by atoms with van der Waals surface area (Å²) in [6.07, 6.45) is -0.152. The predicted molar refractivity (Wildman–Crippen MR) is 116 cm³/mol. The summed E-state index contributed by atoms with van der Waals surface area (Å²) in [5.41, 5.74) is 1.67. The minimum absolute atomic E-state index is 0.138. The summed E-state index contributed by atoms with van der Waals surface area (Å²) >= 11 is 12.5. The van der Waals surface area contributed by atoms with Gasteiger partial charge >= 0.3 is 5.97 Å². The molecule has 9 heteroatoms. The van der Waals surface area contributed by atoms with Crippen molar-refractivity contribution in [3.05, 3.63) is 57.6 Å². The molecular weight excluding hydrogens is 431 g/mol. The van der Waals surface area contributed by atoms with Crippen LogP contribution in [0, 0.1) is 0 Å². The van der Waals surface area contributed by atoms with Gasteiger partial charge < -0.3 is 20.3 Å². The third-order valence-corrected chi connectivity index (χ3v) is 5.08. The molecule has 2 aromatic rings. The number of anilines is 1. The van der Waals surface area contributed by atoms with E-state index in [1.807, 2.05) is 6.92 Å². The number of phenolic OH excluding ortho intramolecular Hbond substituents is 1. The number of hydrogen-bond acceptors (Lipinski definition) is 7. The summed E-state index contributed by atoms with van der Waals surface area (Å²) in [6, 6.07) is 9.52. The van der Waals surface area contributed by atoms with Crippen LogP contribution in [0.4, 0.5) is 5.69 Å². The zero-order chi connectivity index (χ0) is 22.3. The molecule has 0 saturated heterocycles. The Balaban J connectivity index is 1.94. The van der Waals surface area contributed by atoms with E-state index in [9.17, 15) is 20.2 Å². The maximum atomic E-state index is 11.5. The van der Waals surface area contributed by atoms with E-state index in [4.69, 9.17) is 27.9 Å². The topological polar surface area (TPSA) is 102 Å². The van der Waals surface area contributed by atoms with Gasteiger partial charge in [-0.15, -0.1) is 0 Å². The van der Waals surface area contributed by atoms with E-state index in [2.05, 4.69) is 5.32 Å². The van der Waals surface area contributed by atoms with Crippen molar-refractivity contribution in [3.63, 3.8) is 0 Å². The van der Waals surface area contributed by atoms with Gasteiger partial charge in [0.15, 0.2) is 0 Å². The third kappa shape index (κ3) is 6.75. The summed E-state index contributed by atoms with van der Waals surface area (Å²) in [5.74, 6) is -0.450. The average Bonchev–Trinajstić information content (AvgIpc) is 2.67. The summed E-state index contributed by atoms with van der Waals surface area (Å²) in [4.78, 5) is 11.5. The number of carbonyl (C=O) groups is 1. The highest BCUT2D eigenvalue weighted by Crippen LogP contribution is 2.34. The van der Waals surface area contributed by atoms with Crippen molar-refractivity contribution in [1.82, 2.24) is 5.32 Å². The molecule has 2 aromatic carbocycles. The van der Waals surface area contributed by atoms with E-state index in [0.29, 0.717) is 23.6 Å². The number of nitrogens with zero attached hydrogens (tertiary/aromatic N) is 1. The first-order chi connectivity index (χ1) is 14.2. The largest absolute Gasteiger partial charge is 0.508 e. The number of benzene rings is 2. The van der Waals surface area contributed by atoms with E-state index in [0.717, 1.165) is 5.56 Å². The number of hydroxylamine groups is 1. The summed E-state index contributed by atoms with van der Waals surface area (Å²) < 4.78 is 4.80. The van der Waals surface area contributed by atoms with Gasteiger partial charge in [0, 0.05) is 6.04 Å². The van der Waals surface area contributed by atoms with Crippen LogP contribution in [0.15, 0.2) is 36.4 Å². The van der Waals surface area contributed by atoms with Gasteiger partial charge in [-0.3, -0.25) is 10.0 Å². The molecular formula is C21H26Cl2N2O5. The van der Waals surface area contributed by atoms with Crippen molar-refractivity contribution in [2.24, 2.45) is 0 Å². The van der Waals surface area contributed by atoms with Crippen LogP contribution in [0.1, 0.15) is 31.1 Å². The molecule has 7 nitrogen and oxygen atoms in total. The molecule has 0 fully saturated rings. The maximum Gasteiger partial charge on any atom is 0.328 e. The number of rotatable bonds is 10. The molecule has 2 rings (SSSR count). The SMILES string of the molecule is CCOC(=O)CN(O)c1c(Cl)cc(CCNC(C)C(O)c2ccc(O)cc2)cc1Cl.